The molecule has 3 N–H and O–H groups in total. The highest BCUT2D eigenvalue weighted by Crippen LogP contribution is 2.17. The van der Waals surface area contributed by atoms with Crippen LogP contribution in [0.4, 0.5) is 4.79 Å². The molecular weight excluding hydrogens is 368 g/mol. The largest absolute Gasteiger partial charge is 0.444 e. The van der Waals surface area contributed by atoms with Gasteiger partial charge in [-0.1, -0.05) is 0 Å². The summed E-state index contributed by atoms with van der Waals surface area (Å²) in [7, 11) is 0. The Labute approximate surface area is 161 Å². The number of rotatable bonds is 5. The van der Waals surface area contributed by atoms with Crippen LogP contribution in [0.5, 0.6) is 0 Å². The van der Waals surface area contributed by atoms with E-state index in [0.29, 0.717) is 0 Å². The van der Waals surface area contributed by atoms with Crippen LogP contribution in [0.1, 0.15) is 50.0 Å². The van der Waals surface area contributed by atoms with Crippen LogP contribution >= 0.6 is 0 Å². The first-order valence-electron chi connectivity index (χ1n) is 8.88. The maximum Gasteiger partial charge on any atom is 0.407 e. The minimum Gasteiger partial charge on any atom is -0.444 e. The van der Waals surface area contributed by atoms with Crippen LogP contribution in [0.15, 0.2) is 23.1 Å². The van der Waals surface area contributed by atoms with Crippen molar-refractivity contribution in [2.45, 2.75) is 45.3 Å². The Bertz CT molecular complexity index is 839. The molecule has 1 unspecified atom stereocenters. The van der Waals surface area contributed by atoms with Gasteiger partial charge in [0.15, 0.2) is 0 Å². The molecule has 0 saturated carbocycles. The van der Waals surface area contributed by atoms with Crippen LogP contribution in [0.3, 0.4) is 0 Å². The number of carbonyl (C=O) groups excluding carboxylic acids is 4. The summed E-state index contributed by atoms with van der Waals surface area (Å²) in [5.41, 5.74) is -0.879. The highest BCUT2D eigenvalue weighted by molar-refractivity contribution is 5.99. The van der Waals surface area contributed by atoms with E-state index in [2.05, 4.69) is 16.0 Å². The zero-order chi connectivity index (χ0) is 20.9. The topological polar surface area (TPSA) is 136 Å². The second kappa shape index (κ2) is 8.68. The Morgan fingerprint density at radius 1 is 1.18 bits per heavy atom. The summed E-state index contributed by atoms with van der Waals surface area (Å²) in [5.74, 6) is -1.43. The van der Waals surface area contributed by atoms with E-state index in [1.54, 1.807) is 20.8 Å². The summed E-state index contributed by atoms with van der Waals surface area (Å²) >= 11 is 0. The van der Waals surface area contributed by atoms with Crippen molar-refractivity contribution in [3.8, 4) is 0 Å². The van der Waals surface area contributed by atoms with Crippen LogP contribution in [0, 0.1) is 0 Å². The molecule has 0 radical (unpaired) electrons. The summed E-state index contributed by atoms with van der Waals surface area (Å²) in [6, 6.07) is 1.70. The minimum absolute atomic E-state index is 0.121. The first-order chi connectivity index (χ1) is 13.1. The minimum atomic E-state index is -0.841. The molecule has 1 fully saturated rings. The van der Waals surface area contributed by atoms with Crippen molar-refractivity contribution in [1.82, 2.24) is 20.5 Å². The summed E-state index contributed by atoms with van der Waals surface area (Å²) in [6.07, 6.45) is 1.01. The van der Waals surface area contributed by atoms with Gasteiger partial charge in [-0.25, -0.2) is 4.79 Å². The Hall–Kier alpha value is -3.17. The summed E-state index contributed by atoms with van der Waals surface area (Å²) in [6.45, 7) is 5.53. The molecule has 10 heteroatoms. The lowest BCUT2D eigenvalue weighted by molar-refractivity contribution is -0.135. The number of ether oxygens (including phenoxy) is 1. The number of nitrogens with zero attached hydrogens (tertiary/aromatic N) is 1. The van der Waals surface area contributed by atoms with Crippen molar-refractivity contribution in [2.24, 2.45) is 0 Å². The number of alkyl carbamates (subject to hydrolysis) is 1. The summed E-state index contributed by atoms with van der Waals surface area (Å²) in [5, 5.41) is 7.30. The van der Waals surface area contributed by atoms with Crippen LogP contribution < -0.4 is 21.5 Å². The van der Waals surface area contributed by atoms with E-state index >= 15 is 0 Å². The number of carbonyl (C=O) groups is 4. The van der Waals surface area contributed by atoms with Crippen LogP contribution in [-0.2, 0) is 14.3 Å². The smallest absolute Gasteiger partial charge is 0.407 e. The number of hydrogen-bond acceptors (Lipinski definition) is 6. The van der Waals surface area contributed by atoms with Gasteiger partial charge in [0, 0.05) is 31.8 Å². The van der Waals surface area contributed by atoms with Gasteiger partial charge in [0.05, 0.1) is 5.56 Å². The molecule has 2 heterocycles. The van der Waals surface area contributed by atoms with E-state index in [1.165, 1.54) is 18.3 Å². The Kier molecular flexibility index (Phi) is 6.55. The van der Waals surface area contributed by atoms with E-state index in [-0.39, 0.29) is 37.4 Å². The quantitative estimate of drug-likeness (QED) is 0.480. The van der Waals surface area contributed by atoms with Gasteiger partial charge in [0.25, 0.3) is 11.5 Å². The number of aromatic nitrogens is 1. The van der Waals surface area contributed by atoms with Gasteiger partial charge >= 0.3 is 6.09 Å². The molecule has 0 bridgehead atoms. The Balaban J connectivity index is 1.94. The normalized spacial score (nSPS) is 16.9. The zero-order valence-electron chi connectivity index (χ0n) is 16.0. The molecule has 10 nitrogen and oxygen atoms in total. The van der Waals surface area contributed by atoms with Crippen molar-refractivity contribution >= 4 is 23.8 Å². The van der Waals surface area contributed by atoms with Gasteiger partial charge in [0.1, 0.15) is 11.6 Å². The van der Waals surface area contributed by atoms with Gasteiger partial charge in [-0.2, -0.15) is 0 Å². The fourth-order valence-electron chi connectivity index (χ4n) is 2.59. The van der Waals surface area contributed by atoms with Crippen molar-refractivity contribution < 1.29 is 23.9 Å². The first-order valence-corrected chi connectivity index (χ1v) is 8.88. The molecular formula is C18H24N4O6. The summed E-state index contributed by atoms with van der Waals surface area (Å²) < 4.78 is 6.23. The average molecular weight is 392 g/mol. The second-order valence-electron chi connectivity index (χ2n) is 7.31. The third-order valence-electron chi connectivity index (χ3n) is 3.82. The lowest BCUT2D eigenvalue weighted by Crippen LogP contribution is -2.44. The number of piperidine rings is 1. The number of nitrogens with one attached hydrogen (secondary N) is 3. The fourth-order valence-corrected chi connectivity index (χ4v) is 2.59. The average Bonchev–Trinajstić information content (AvgIpc) is 2.58. The molecule has 1 aliphatic rings. The molecule has 152 valence electrons. The third kappa shape index (κ3) is 5.93. The second-order valence-corrected chi connectivity index (χ2v) is 7.31. The zero-order valence-corrected chi connectivity index (χ0v) is 16.0. The molecule has 0 spiro atoms. The maximum atomic E-state index is 12.3. The van der Waals surface area contributed by atoms with Gasteiger partial charge < -0.3 is 19.9 Å². The van der Waals surface area contributed by atoms with Crippen LogP contribution in [-0.4, -0.2) is 47.1 Å². The van der Waals surface area contributed by atoms with Gasteiger partial charge in [-0.3, -0.25) is 24.5 Å². The monoisotopic (exact) mass is 392 g/mol. The molecule has 1 aromatic heterocycles. The molecule has 4 amide bonds. The van der Waals surface area contributed by atoms with E-state index in [1.807, 2.05) is 0 Å². The fraction of sp³-hybridized carbons (Fsp3) is 0.500. The standard InChI is InChI=1S/C18H24N4O6/c1-18(2,3)28-17(27)20-9-8-19-15(25)11-4-7-14(24)22(10-11)12-5-6-13(23)21-16(12)26/h4,7,10,12H,5-6,8-9H2,1-3H3,(H,19,25)(H,20,27)(H,21,23,26). The van der Waals surface area contributed by atoms with Crippen molar-refractivity contribution in [2.75, 3.05) is 13.1 Å². The van der Waals surface area contributed by atoms with Crippen LogP contribution in [0.25, 0.3) is 0 Å². The first kappa shape index (κ1) is 21.1. The lowest BCUT2D eigenvalue weighted by atomic mass is 10.1. The molecule has 1 atom stereocenters. The molecule has 0 aliphatic carbocycles. The molecule has 2 rings (SSSR count). The Morgan fingerprint density at radius 2 is 1.86 bits per heavy atom. The lowest BCUT2D eigenvalue weighted by Gasteiger charge is -2.23. The predicted octanol–water partition coefficient (Wildman–Crippen LogP) is 0.0805. The van der Waals surface area contributed by atoms with Gasteiger partial charge in [-0.05, 0) is 33.3 Å². The maximum absolute atomic E-state index is 12.3. The number of hydrogen-bond donors (Lipinski definition) is 3. The number of imide groups is 1. The summed E-state index contributed by atoms with van der Waals surface area (Å²) in [4.78, 5) is 59.1. The van der Waals surface area contributed by atoms with E-state index in [0.717, 1.165) is 4.57 Å². The number of pyridine rings is 1. The van der Waals surface area contributed by atoms with E-state index in [4.69, 9.17) is 4.74 Å². The Morgan fingerprint density at radius 3 is 2.50 bits per heavy atom. The molecule has 28 heavy (non-hydrogen) atoms. The van der Waals surface area contributed by atoms with Crippen LogP contribution in [0.2, 0.25) is 0 Å². The molecule has 1 saturated heterocycles. The molecule has 1 aromatic rings. The van der Waals surface area contributed by atoms with E-state index < -0.39 is 35.1 Å². The van der Waals surface area contributed by atoms with Gasteiger partial charge in [0.2, 0.25) is 11.8 Å². The number of amides is 4. The van der Waals surface area contributed by atoms with Gasteiger partial charge in [-0.15, -0.1) is 0 Å². The highest BCUT2D eigenvalue weighted by atomic mass is 16.6. The van der Waals surface area contributed by atoms with Crippen molar-refractivity contribution in [3.05, 3.63) is 34.2 Å². The third-order valence-corrected chi connectivity index (χ3v) is 3.82. The van der Waals surface area contributed by atoms with Crippen molar-refractivity contribution in [3.63, 3.8) is 0 Å². The predicted molar refractivity (Wildman–Crippen MR) is 98.7 cm³/mol. The molecule has 0 aromatic carbocycles. The SMILES string of the molecule is CC(C)(C)OC(=O)NCCNC(=O)c1ccc(=O)n(C2CCC(=O)NC2=O)c1. The highest BCUT2D eigenvalue weighted by Gasteiger charge is 2.28. The molecule has 1 aliphatic heterocycles. The van der Waals surface area contributed by atoms with E-state index in [9.17, 15) is 24.0 Å². The van der Waals surface area contributed by atoms with Crippen molar-refractivity contribution in [1.29, 1.82) is 0 Å².